The van der Waals surface area contributed by atoms with Crippen molar-refractivity contribution < 1.29 is 4.79 Å². The van der Waals surface area contributed by atoms with Crippen molar-refractivity contribution in [3.8, 4) is 6.07 Å². The Kier molecular flexibility index (Phi) is 3.97. The Balaban J connectivity index is 1.52. The summed E-state index contributed by atoms with van der Waals surface area (Å²) in [5.74, 6) is 0.953. The minimum absolute atomic E-state index is 0.0172. The Morgan fingerprint density at radius 1 is 1.38 bits per heavy atom. The lowest BCUT2D eigenvalue weighted by atomic mass is 10.1. The van der Waals surface area contributed by atoms with E-state index in [0.717, 1.165) is 10.9 Å². The average Bonchev–Trinajstić information content (AvgIpc) is 3.28. The van der Waals surface area contributed by atoms with Gasteiger partial charge in [-0.05, 0) is 18.1 Å². The summed E-state index contributed by atoms with van der Waals surface area (Å²) in [4.78, 5) is 22.8. The maximum absolute atomic E-state index is 13.0. The lowest BCUT2D eigenvalue weighted by molar-refractivity contribution is 0.0789. The quantitative estimate of drug-likeness (QED) is 0.747. The van der Waals surface area contributed by atoms with Crippen molar-refractivity contribution in [2.45, 2.75) is 13.0 Å². The first-order valence-corrected chi connectivity index (χ1v) is 8.37. The Morgan fingerprint density at radius 3 is 3.12 bits per heavy atom. The van der Waals surface area contributed by atoms with Gasteiger partial charge in [-0.25, -0.2) is 9.97 Å². The second kappa shape index (κ2) is 6.44. The fourth-order valence-electron chi connectivity index (χ4n) is 3.32. The molecule has 2 atom stereocenters. The summed E-state index contributed by atoms with van der Waals surface area (Å²) in [6.45, 7) is 3.31. The molecule has 0 spiro atoms. The van der Waals surface area contributed by atoms with Gasteiger partial charge < -0.3 is 10.2 Å². The first-order chi connectivity index (χ1) is 12.7. The number of nitrogens with one attached hydrogen (secondary N) is 2. The molecule has 3 heterocycles. The topological polar surface area (TPSA) is 111 Å². The number of nitrogens with zero attached hydrogens (tertiary/aromatic N) is 5. The Bertz CT molecular complexity index is 1010. The van der Waals surface area contributed by atoms with E-state index in [1.165, 1.54) is 0 Å². The first-order valence-electron chi connectivity index (χ1n) is 8.37. The zero-order valence-corrected chi connectivity index (χ0v) is 14.2. The minimum Gasteiger partial charge on any atom is -0.365 e. The summed E-state index contributed by atoms with van der Waals surface area (Å²) in [5.41, 5.74) is 1.39. The first kappa shape index (κ1) is 16.0. The molecule has 2 unspecified atom stereocenters. The molecule has 1 aliphatic heterocycles. The summed E-state index contributed by atoms with van der Waals surface area (Å²) in [5, 5.41) is 20.1. The molecule has 2 aromatic heterocycles. The molecule has 8 heteroatoms. The third kappa shape index (κ3) is 2.84. The van der Waals surface area contributed by atoms with E-state index < -0.39 is 0 Å². The molecule has 0 radical (unpaired) electrons. The monoisotopic (exact) mass is 347 g/mol. The average molecular weight is 347 g/mol. The summed E-state index contributed by atoms with van der Waals surface area (Å²) in [6, 6.07) is 9.32. The number of nitriles is 1. The number of para-hydroxylation sites is 1. The fraction of sp³-hybridized carbons (Fsp3) is 0.278. The molecule has 26 heavy (non-hydrogen) atoms. The minimum atomic E-state index is -0.0172. The molecule has 1 saturated heterocycles. The van der Waals surface area contributed by atoms with Crippen molar-refractivity contribution in [3.63, 3.8) is 0 Å². The molecule has 130 valence electrons. The van der Waals surface area contributed by atoms with E-state index >= 15 is 0 Å². The molecule has 2 N–H and O–H groups in total. The van der Waals surface area contributed by atoms with Crippen molar-refractivity contribution >= 4 is 22.6 Å². The number of hydrogen-bond donors (Lipinski definition) is 2. The predicted octanol–water partition coefficient (Wildman–Crippen LogP) is 1.80. The Morgan fingerprint density at radius 2 is 2.27 bits per heavy atom. The second-order valence-electron chi connectivity index (χ2n) is 6.46. The maximum Gasteiger partial charge on any atom is 0.256 e. The van der Waals surface area contributed by atoms with Crippen molar-refractivity contribution in [2.75, 3.05) is 18.4 Å². The van der Waals surface area contributed by atoms with Crippen LogP contribution < -0.4 is 5.32 Å². The number of amides is 1. The van der Waals surface area contributed by atoms with Gasteiger partial charge in [0.2, 0.25) is 5.82 Å². The molecule has 1 fully saturated rings. The molecule has 4 rings (SSSR count). The van der Waals surface area contributed by atoms with Gasteiger partial charge in [0, 0.05) is 30.7 Å². The number of aromatic amines is 1. The lowest BCUT2D eigenvalue weighted by Gasteiger charge is -2.18. The largest absolute Gasteiger partial charge is 0.365 e. The van der Waals surface area contributed by atoms with Gasteiger partial charge >= 0.3 is 0 Å². The lowest BCUT2D eigenvalue weighted by Crippen LogP contribution is -2.32. The van der Waals surface area contributed by atoms with Crippen LogP contribution in [-0.2, 0) is 0 Å². The van der Waals surface area contributed by atoms with Crippen LogP contribution in [0.25, 0.3) is 10.9 Å². The van der Waals surface area contributed by atoms with E-state index in [4.69, 9.17) is 5.26 Å². The van der Waals surface area contributed by atoms with Crippen LogP contribution in [0.3, 0.4) is 0 Å². The molecule has 1 aliphatic rings. The van der Waals surface area contributed by atoms with Crippen molar-refractivity contribution in [2.24, 2.45) is 5.92 Å². The highest BCUT2D eigenvalue weighted by Gasteiger charge is 2.33. The second-order valence-corrected chi connectivity index (χ2v) is 6.46. The fourth-order valence-corrected chi connectivity index (χ4v) is 3.32. The van der Waals surface area contributed by atoms with Crippen molar-refractivity contribution in [1.82, 2.24) is 25.1 Å². The van der Waals surface area contributed by atoms with Crippen LogP contribution in [0.15, 0.2) is 36.7 Å². The van der Waals surface area contributed by atoms with Gasteiger partial charge in [-0.1, -0.05) is 19.1 Å². The SMILES string of the molecule is CC1CN(C(=O)c2cccc3cn[nH]c23)CC1Nc1ccnc(C#N)n1. The van der Waals surface area contributed by atoms with Gasteiger partial charge in [-0.15, -0.1) is 0 Å². The van der Waals surface area contributed by atoms with Gasteiger partial charge in [-0.2, -0.15) is 10.4 Å². The predicted molar refractivity (Wildman–Crippen MR) is 95.3 cm³/mol. The van der Waals surface area contributed by atoms with E-state index in [9.17, 15) is 4.79 Å². The standard InChI is InChI=1S/C18H17N7O/c1-11-9-25(10-14(11)22-15-5-6-20-16(7-19)23-15)18(26)13-4-2-3-12-8-21-24-17(12)13/h2-6,8,11,14H,9-10H2,1H3,(H,21,24)(H,20,22,23). The molecule has 0 saturated carbocycles. The number of fused-ring (bicyclic) bond motifs is 1. The van der Waals surface area contributed by atoms with Crippen LogP contribution in [-0.4, -0.2) is 50.1 Å². The van der Waals surface area contributed by atoms with E-state index in [2.05, 4.69) is 32.4 Å². The third-order valence-electron chi connectivity index (χ3n) is 4.70. The van der Waals surface area contributed by atoms with Crippen LogP contribution in [0.5, 0.6) is 0 Å². The summed E-state index contributed by atoms with van der Waals surface area (Å²) in [7, 11) is 0. The highest BCUT2D eigenvalue weighted by atomic mass is 16.2. The molecule has 0 bridgehead atoms. The number of likely N-dealkylation sites (tertiary alicyclic amines) is 1. The van der Waals surface area contributed by atoms with Crippen LogP contribution in [0, 0.1) is 17.2 Å². The third-order valence-corrected chi connectivity index (χ3v) is 4.70. The van der Waals surface area contributed by atoms with Crippen LogP contribution >= 0.6 is 0 Å². The van der Waals surface area contributed by atoms with Gasteiger partial charge in [0.25, 0.3) is 5.91 Å². The summed E-state index contributed by atoms with van der Waals surface area (Å²) in [6.07, 6.45) is 3.26. The number of carbonyl (C=O) groups excluding carboxylic acids is 1. The van der Waals surface area contributed by atoms with Gasteiger partial charge in [0.15, 0.2) is 0 Å². The van der Waals surface area contributed by atoms with E-state index in [1.54, 1.807) is 18.5 Å². The molecule has 8 nitrogen and oxygen atoms in total. The van der Waals surface area contributed by atoms with Crippen LogP contribution in [0.4, 0.5) is 5.82 Å². The normalized spacial score (nSPS) is 19.5. The molecular weight excluding hydrogens is 330 g/mol. The number of rotatable bonds is 3. The molecule has 0 aliphatic carbocycles. The number of aromatic nitrogens is 4. The van der Waals surface area contributed by atoms with E-state index in [-0.39, 0.29) is 23.7 Å². The smallest absolute Gasteiger partial charge is 0.256 e. The van der Waals surface area contributed by atoms with Gasteiger partial charge in [-0.3, -0.25) is 9.89 Å². The molecule has 1 aromatic carbocycles. The zero-order chi connectivity index (χ0) is 18.1. The highest BCUT2D eigenvalue weighted by Crippen LogP contribution is 2.24. The molecule has 3 aromatic rings. The summed E-state index contributed by atoms with van der Waals surface area (Å²) >= 11 is 0. The van der Waals surface area contributed by atoms with Crippen molar-refractivity contribution in [1.29, 1.82) is 5.26 Å². The highest BCUT2D eigenvalue weighted by molar-refractivity contribution is 6.05. The number of anilines is 1. The number of hydrogen-bond acceptors (Lipinski definition) is 6. The Labute approximate surface area is 149 Å². The molecular formula is C18H17N7O. The maximum atomic E-state index is 13.0. The number of carbonyl (C=O) groups is 1. The number of benzene rings is 1. The van der Waals surface area contributed by atoms with E-state index in [1.807, 2.05) is 29.2 Å². The van der Waals surface area contributed by atoms with E-state index in [0.29, 0.717) is 24.5 Å². The van der Waals surface area contributed by atoms with Crippen LogP contribution in [0.2, 0.25) is 0 Å². The number of H-pyrrole nitrogens is 1. The van der Waals surface area contributed by atoms with Crippen molar-refractivity contribution in [3.05, 3.63) is 48.0 Å². The molecule has 1 amide bonds. The van der Waals surface area contributed by atoms with Gasteiger partial charge in [0.1, 0.15) is 11.9 Å². The van der Waals surface area contributed by atoms with Gasteiger partial charge in [0.05, 0.1) is 17.3 Å². The van der Waals surface area contributed by atoms with Crippen LogP contribution in [0.1, 0.15) is 23.1 Å². The zero-order valence-electron chi connectivity index (χ0n) is 14.2. The summed E-state index contributed by atoms with van der Waals surface area (Å²) < 4.78 is 0. The Hall–Kier alpha value is -3.47.